The van der Waals surface area contributed by atoms with Crippen molar-refractivity contribution in [3.8, 4) is 0 Å². The van der Waals surface area contributed by atoms with Gasteiger partial charge >= 0.3 is 21.1 Å². The second kappa shape index (κ2) is 19.4. The molecule has 3 nitrogen and oxygen atoms in total. The number of hydrogen-bond acceptors (Lipinski definition) is 3. The molecule has 0 saturated carbocycles. The summed E-state index contributed by atoms with van der Waals surface area (Å²) in [6.07, 6.45) is 0. The van der Waals surface area contributed by atoms with Crippen molar-refractivity contribution >= 4 is 24.4 Å². The molecular weight excluding hydrogens is 408 g/mol. The van der Waals surface area contributed by atoms with Gasteiger partial charge in [0.25, 0.3) is 0 Å². The van der Waals surface area contributed by atoms with Crippen LogP contribution in [0.15, 0.2) is 0 Å². The third-order valence-corrected chi connectivity index (χ3v) is 0. The number of hydrogen-bond donors (Lipinski definition) is 3. The van der Waals surface area contributed by atoms with Crippen LogP contribution in [0.2, 0.25) is 0 Å². The van der Waals surface area contributed by atoms with Crippen LogP contribution in [-0.4, -0.2) is 54.7 Å². The standard InChI is InChI=1S/3C2H7OP.Pt.H/c3*1-4(2)3;;/h3*3H,1-2H3;;. The fourth-order valence-electron chi connectivity index (χ4n) is 0. The summed E-state index contributed by atoms with van der Waals surface area (Å²) in [5.74, 6) is 0. The molecule has 0 saturated heterocycles. The molecule has 0 atom stereocenters. The van der Waals surface area contributed by atoms with Crippen molar-refractivity contribution in [2.45, 2.75) is 0 Å². The molecule has 0 heterocycles. The third-order valence-electron chi connectivity index (χ3n) is 0. The van der Waals surface area contributed by atoms with Crippen molar-refractivity contribution in [2.24, 2.45) is 0 Å². The van der Waals surface area contributed by atoms with E-state index in [0.29, 0.717) is 0 Å². The number of rotatable bonds is 0. The fraction of sp³-hybridized carbons (Fsp3) is 1.00. The van der Waals surface area contributed by atoms with Gasteiger partial charge in [-0.25, -0.2) is 0 Å². The van der Waals surface area contributed by atoms with Gasteiger partial charge in [0.05, 0.1) is 0 Å². The third kappa shape index (κ3) is 564. The molecule has 0 unspecified atom stereocenters. The van der Waals surface area contributed by atoms with Gasteiger partial charge in [-0.2, -0.15) is 0 Å². The maximum atomic E-state index is 8.12. The zero-order chi connectivity index (χ0) is 10.7. The Labute approximate surface area is 100 Å². The molecule has 0 bridgehead atoms. The molecule has 0 aromatic heterocycles. The Balaban J connectivity index is -0.0000000450. The van der Waals surface area contributed by atoms with Gasteiger partial charge in [-0.05, 0) is 40.0 Å². The molecule has 0 aromatic carbocycles. The van der Waals surface area contributed by atoms with E-state index in [1.54, 1.807) is 40.0 Å². The molecule has 0 aromatic rings. The zero-order valence-electron chi connectivity index (χ0n) is 9.02. The SMILES string of the molecule is CP(C)O.CP(C)O.CP(C)O.[PtH]. The van der Waals surface area contributed by atoms with Crippen molar-refractivity contribution in [2.75, 3.05) is 40.0 Å². The van der Waals surface area contributed by atoms with Crippen LogP contribution < -0.4 is 0 Å². The molecule has 0 radical (unpaired) electrons. The van der Waals surface area contributed by atoms with E-state index in [1.165, 1.54) is 0 Å². The van der Waals surface area contributed by atoms with Gasteiger partial charge in [0, 0.05) is 24.4 Å². The molecule has 0 amide bonds. The van der Waals surface area contributed by atoms with Crippen LogP contribution in [0, 0.1) is 0 Å². The van der Waals surface area contributed by atoms with Crippen LogP contribution in [-0.2, 0) is 21.1 Å². The average Bonchev–Trinajstić information content (AvgIpc) is 1.54. The van der Waals surface area contributed by atoms with Crippen LogP contribution in [0.1, 0.15) is 0 Å². The molecule has 13 heavy (non-hydrogen) atoms. The summed E-state index contributed by atoms with van der Waals surface area (Å²) in [6, 6.07) is 0. The summed E-state index contributed by atoms with van der Waals surface area (Å²) in [5, 5.41) is 0. The molecule has 0 spiro atoms. The van der Waals surface area contributed by atoms with Crippen LogP contribution in [0.3, 0.4) is 0 Å². The van der Waals surface area contributed by atoms with Crippen LogP contribution >= 0.6 is 24.4 Å². The van der Waals surface area contributed by atoms with E-state index >= 15 is 0 Å². The Morgan fingerprint density at radius 1 is 0.538 bits per heavy atom. The van der Waals surface area contributed by atoms with Crippen molar-refractivity contribution in [1.82, 2.24) is 0 Å². The van der Waals surface area contributed by atoms with Gasteiger partial charge in [-0.15, -0.1) is 0 Å². The molecule has 0 aliphatic rings. The Bertz CT molecular complexity index is 51.6. The van der Waals surface area contributed by atoms with E-state index in [-0.39, 0.29) is 21.1 Å². The van der Waals surface area contributed by atoms with Gasteiger partial charge in [0.1, 0.15) is 0 Å². The summed E-state index contributed by atoms with van der Waals surface area (Å²) in [4.78, 5) is 24.4. The van der Waals surface area contributed by atoms with Crippen molar-refractivity contribution in [1.29, 1.82) is 0 Å². The maximum absolute atomic E-state index is 8.12. The van der Waals surface area contributed by atoms with E-state index in [9.17, 15) is 0 Å². The first-order valence-electron chi connectivity index (χ1n) is 3.28. The Kier molecular flexibility index (Phi) is 36.2. The molecule has 0 rings (SSSR count). The van der Waals surface area contributed by atoms with Crippen LogP contribution in [0.25, 0.3) is 0 Å². The van der Waals surface area contributed by atoms with Gasteiger partial charge in [-0.1, -0.05) is 0 Å². The molecule has 0 aliphatic carbocycles. The minimum absolute atomic E-state index is 0. The first-order valence-corrected chi connectivity index (χ1v) is 9.85. The average molecular weight is 430 g/mol. The first kappa shape index (κ1) is 24.2. The normalized spacial score (nSPS) is 8.31. The molecule has 0 aliphatic heterocycles. The predicted molar refractivity (Wildman–Crippen MR) is 64.4 cm³/mol. The zero-order valence-corrected chi connectivity index (χ0v) is 14.1. The van der Waals surface area contributed by atoms with E-state index in [1.807, 2.05) is 0 Å². The van der Waals surface area contributed by atoms with Crippen LogP contribution in [0.5, 0.6) is 0 Å². The second-order valence-electron chi connectivity index (χ2n) is 2.54. The summed E-state index contributed by atoms with van der Waals surface area (Å²) in [5.41, 5.74) is 0. The van der Waals surface area contributed by atoms with E-state index in [4.69, 9.17) is 14.7 Å². The topological polar surface area (TPSA) is 60.7 Å². The van der Waals surface area contributed by atoms with Crippen LogP contribution in [0.4, 0.5) is 0 Å². The minimum atomic E-state index is -0.620. The molecule has 3 N–H and O–H groups in total. The molecular formula is C6H22O3P3Pt. The van der Waals surface area contributed by atoms with Gasteiger partial charge < -0.3 is 14.7 Å². The molecule has 7 heteroatoms. The Morgan fingerprint density at radius 2 is 0.538 bits per heavy atom. The predicted octanol–water partition coefficient (Wildman–Crippen LogP) is 1.64. The molecule has 89 valence electrons. The first-order chi connectivity index (χ1) is 5.20. The van der Waals surface area contributed by atoms with E-state index in [2.05, 4.69) is 0 Å². The van der Waals surface area contributed by atoms with Gasteiger partial charge in [-0.3, -0.25) is 0 Å². The Morgan fingerprint density at radius 3 is 0.538 bits per heavy atom. The van der Waals surface area contributed by atoms with Crippen molar-refractivity contribution in [3.05, 3.63) is 0 Å². The molecule has 0 fully saturated rings. The summed E-state index contributed by atoms with van der Waals surface area (Å²) in [6.45, 7) is 10.7. The van der Waals surface area contributed by atoms with E-state index in [0.717, 1.165) is 0 Å². The Hall–Kier alpha value is 1.86. The fourth-order valence-corrected chi connectivity index (χ4v) is 0. The quantitative estimate of drug-likeness (QED) is 0.513. The summed E-state index contributed by atoms with van der Waals surface area (Å²) >= 11 is 0. The van der Waals surface area contributed by atoms with E-state index < -0.39 is 24.4 Å². The second-order valence-corrected chi connectivity index (χ2v) is 7.62. The monoisotopic (exact) mass is 430 g/mol. The van der Waals surface area contributed by atoms with Gasteiger partial charge in [0.2, 0.25) is 0 Å². The van der Waals surface area contributed by atoms with Gasteiger partial charge in [0.15, 0.2) is 0 Å². The van der Waals surface area contributed by atoms with Crippen molar-refractivity contribution < 1.29 is 35.7 Å². The summed E-state index contributed by atoms with van der Waals surface area (Å²) in [7, 11) is -1.86. The van der Waals surface area contributed by atoms with Crippen molar-refractivity contribution in [3.63, 3.8) is 0 Å². The summed E-state index contributed by atoms with van der Waals surface area (Å²) < 4.78 is 0.